The monoisotopic (exact) mass is 352 g/mol. The second-order valence-corrected chi connectivity index (χ2v) is 7.41. The fourth-order valence-electron chi connectivity index (χ4n) is 3.50. The minimum absolute atomic E-state index is 0.160. The van der Waals surface area contributed by atoms with Crippen LogP contribution in [-0.2, 0) is 0 Å². The molecular formula is C25H20O2. The summed E-state index contributed by atoms with van der Waals surface area (Å²) < 4.78 is 0. The van der Waals surface area contributed by atoms with Gasteiger partial charge >= 0.3 is 0 Å². The zero-order valence-corrected chi connectivity index (χ0v) is 15.4. The third-order valence-corrected chi connectivity index (χ3v) is 5.14. The lowest BCUT2D eigenvalue weighted by Gasteiger charge is -2.22. The van der Waals surface area contributed by atoms with Gasteiger partial charge in [-0.3, -0.25) is 9.59 Å². The first-order valence-electron chi connectivity index (χ1n) is 9.04. The topological polar surface area (TPSA) is 34.1 Å². The van der Waals surface area contributed by atoms with E-state index in [0.29, 0.717) is 11.1 Å². The van der Waals surface area contributed by atoms with Crippen molar-refractivity contribution in [3.63, 3.8) is 0 Å². The van der Waals surface area contributed by atoms with Gasteiger partial charge < -0.3 is 0 Å². The highest BCUT2D eigenvalue weighted by Crippen LogP contribution is 2.30. The molecule has 0 radical (unpaired) electrons. The van der Waals surface area contributed by atoms with E-state index in [9.17, 15) is 9.59 Å². The van der Waals surface area contributed by atoms with Gasteiger partial charge in [0.25, 0.3) is 0 Å². The maximum atomic E-state index is 13.2. The molecular weight excluding hydrogens is 332 g/mol. The highest BCUT2D eigenvalue weighted by molar-refractivity contribution is 6.19. The van der Waals surface area contributed by atoms with Gasteiger partial charge in [-0.1, -0.05) is 66.7 Å². The smallest absolute Gasteiger partial charge is 0.176 e. The Hall–Kier alpha value is -3.26. The highest BCUT2D eigenvalue weighted by atomic mass is 16.2. The van der Waals surface area contributed by atoms with Crippen LogP contribution in [0.2, 0.25) is 0 Å². The molecule has 0 amide bonds. The van der Waals surface area contributed by atoms with Crippen molar-refractivity contribution in [2.24, 2.45) is 5.41 Å². The van der Waals surface area contributed by atoms with Gasteiger partial charge in [0.05, 0.1) is 5.41 Å². The van der Waals surface area contributed by atoms with Crippen molar-refractivity contribution in [2.45, 2.75) is 13.8 Å². The zero-order valence-electron chi connectivity index (χ0n) is 15.4. The van der Waals surface area contributed by atoms with Crippen molar-refractivity contribution in [3.05, 3.63) is 96.1 Å². The summed E-state index contributed by atoms with van der Waals surface area (Å²) >= 11 is 0. The molecule has 4 aromatic carbocycles. The van der Waals surface area contributed by atoms with Crippen LogP contribution in [0.5, 0.6) is 0 Å². The molecule has 0 aliphatic carbocycles. The fourth-order valence-corrected chi connectivity index (χ4v) is 3.50. The second kappa shape index (κ2) is 6.48. The molecule has 0 heterocycles. The van der Waals surface area contributed by atoms with Gasteiger partial charge in [0, 0.05) is 11.1 Å². The first-order chi connectivity index (χ1) is 13.0. The van der Waals surface area contributed by atoms with Crippen LogP contribution in [0.4, 0.5) is 0 Å². The number of hydrogen-bond acceptors (Lipinski definition) is 2. The van der Waals surface area contributed by atoms with Crippen LogP contribution in [0.1, 0.15) is 34.6 Å². The lowest BCUT2D eigenvalue weighted by molar-refractivity contribution is 0.0711. The Bertz CT molecular complexity index is 1170. The van der Waals surface area contributed by atoms with Gasteiger partial charge in [-0.05, 0) is 53.6 Å². The summed E-state index contributed by atoms with van der Waals surface area (Å²) in [6, 6.07) is 27.0. The van der Waals surface area contributed by atoms with E-state index in [1.54, 1.807) is 26.0 Å². The summed E-state index contributed by atoms with van der Waals surface area (Å²) in [6.45, 7) is 3.41. The summed E-state index contributed by atoms with van der Waals surface area (Å²) in [4.78, 5) is 26.1. The maximum Gasteiger partial charge on any atom is 0.176 e. The van der Waals surface area contributed by atoms with E-state index in [4.69, 9.17) is 0 Å². The van der Waals surface area contributed by atoms with Gasteiger partial charge in [-0.25, -0.2) is 0 Å². The predicted octanol–water partition coefficient (Wildman–Crippen LogP) is 6.08. The molecule has 0 spiro atoms. The van der Waals surface area contributed by atoms with Gasteiger partial charge in [0.2, 0.25) is 0 Å². The molecule has 0 bridgehead atoms. The lowest BCUT2D eigenvalue weighted by Crippen LogP contribution is -2.33. The van der Waals surface area contributed by atoms with Gasteiger partial charge in [0.15, 0.2) is 11.6 Å². The summed E-state index contributed by atoms with van der Waals surface area (Å²) in [6.07, 6.45) is 0. The van der Waals surface area contributed by atoms with E-state index in [1.807, 2.05) is 48.5 Å². The van der Waals surface area contributed by atoms with Crippen LogP contribution < -0.4 is 0 Å². The van der Waals surface area contributed by atoms with Crippen molar-refractivity contribution in [1.82, 2.24) is 0 Å². The van der Waals surface area contributed by atoms with E-state index >= 15 is 0 Å². The summed E-state index contributed by atoms with van der Waals surface area (Å²) in [5.41, 5.74) is 0.000920. The number of Topliss-reactive ketones (excluding diaryl/α,β-unsaturated/α-hetero) is 2. The molecule has 0 aromatic heterocycles. The molecule has 132 valence electrons. The normalized spacial score (nSPS) is 11.6. The van der Waals surface area contributed by atoms with E-state index in [0.717, 1.165) is 16.2 Å². The first kappa shape index (κ1) is 17.2. The van der Waals surface area contributed by atoms with Crippen LogP contribution in [0.25, 0.3) is 21.5 Å². The van der Waals surface area contributed by atoms with Crippen molar-refractivity contribution < 1.29 is 9.59 Å². The average Bonchev–Trinajstić information content (AvgIpc) is 2.71. The minimum Gasteiger partial charge on any atom is -0.293 e. The fraction of sp³-hybridized carbons (Fsp3) is 0.120. The third-order valence-electron chi connectivity index (χ3n) is 5.14. The third kappa shape index (κ3) is 3.04. The van der Waals surface area contributed by atoms with Crippen LogP contribution in [-0.4, -0.2) is 11.6 Å². The van der Waals surface area contributed by atoms with E-state index in [2.05, 4.69) is 24.3 Å². The average molecular weight is 352 g/mol. The van der Waals surface area contributed by atoms with Crippen molar-refractivity contribution in [2.75, 3.05) is 0 Å². The molecule has 0 aliphatic rings. The van der Waals surface area contributed by atoms with Crippen LogP contribution in [0.15, 0.2) is 84.9 Å². The minimum atomic E-state index is -1.12. The Morgan fingerprint density at radius 3 is 1.74 bits per heavy atom. The summed E-state index contributed by atoms with van der Waals surface area (Å²) in [7, 11) is 0. The molecule has 2 heteroatoms. The summed E-state index contributed by atoms with van der Waals surface area (Å²) in [5.74, 6) is -0.321. The van der Waals surface area contributed by atoms with Crippen LogP contribution in [0.3, 0.4) is 0 Å². The number of carbonyl (C=O) groups is 2. The van der Waals surface area contributed by atoms with Crippen molar-refractivity contribution in [3.8, 4) is 0 Å². The number of rotatable bonds is 4. The standard InChI is InChI=1S/C25H20O2/c1-25(2,23(26)17-8-4-3-5-9-17)24(27)21-13-12-20-14-18-10-6-7-11-19(18)15-22(20)16-21/h3-16H,1-2H3. The van der Waals surface area contributed by atoms with Crippen molar-refractivity contribution >= 4 is 33.1 Å². The van der Waals surface area contributed by atoms with Crippen LogP contribution >= 0.6 is 0 Å². The van der Waals surface area contributed by atoms with Crippen LogP contribution in [0, 0.1) is 5.41 Å². The highest BCUT2D eigenvalue weighted by Gasteiger charge is 2.37. The number of ketones is 2. The molecule has 27 heavy (non-hydrogen) atoms. The molecule has 0 unspecified atom stereocenters. The number of fused-ring (bicyclic) bond motifs is 2. The molecule has 0 aliphatic heterocycles. The Labute approximate surface area is 158 Å². The molecule has 0 fully saturated rings. The largest absolute Gasteiger partial charge is 0.293 e. The molecule has 2 nitrogen and oxygen atoms in total. The van der Waals surface area contributed by atoms with Gasteiger partial charge in [-0.2, -0.15) is 0 Å². The molecule has 0 saturated carbocycles. The van der Waals surface area contributed by atoms with Gasteiger partial charge in [-0.15, -0.1) is 0 Å². The molecule has 4 rings (SSSR count). The lowest BCUT2D eigenvalue weighted by atomic mass is 9.77. The Morgan fingerprint density at radius 2 is 1.07 bits per heavy atom. The Balaban J connectivity index is 1.75. The Kier molecular flexibility index (Phi) is 4.12. The maximum absolute atomic E-state index is 13.2. The number of benzene rings is 4. The molecule has 4 aromatic rings. The zero-order chi connectivity index (χ0) is 19.0. The van der Waals surface area contributed by atoms with E-state index in [-0.39, 0.29) is 11.6 Å². The molecule has 0 N–H and O–H groups in total. The predicted molar refractivity (Wildman–Crippen MR) is 110 cm³/mol. The van der Waals surface area contributed by atoms with E-state index in [1.165, 1.54) is 5.39 Å². The summed E-state index contributed by atoms with van der Waals surface area (Å²) in [5, 5.41) is 4.39. The second-order valence-electron chi connectivity index (χ2n) is 7.41. The SMILES string of the molecule is CC(C)(C(=O)c1ccccc1)C(=O)c1ccc2cc3ccccc3cc2c1. The van der Waals surface area contributed by atoms with E-state index < -0.39 is 5.41 Å². The first-order valence-corrected chi connectivity index (χ1v) is 9.04. The van der Waals surface area contributed by atoms with Gasteiger partial charge in [0.1, 0.15) is 0 Å². The number of hydrogen-bond donors (Lipinski definition) is 0. The quantitative estimate of drug-likeness (QED) is 0.253. The molecule has 0 atom stereocenters. The number of carbonyl (C=O) groups excluding carboxylic acids is 2. The Morgan fingerprint density at radius 1 is 0.556 bits per heavy atom. The molecule has 0 saturated heterocycles. The van der Waals surface area contributed by atoms with Crippen molar-refractivity contribution in [1.29, 1.82) is 0 Å².